The summed E-state index contributed by atoms with van der Waals surface area (Å²) >= 11 is 0. The van der Waals surface area contributed by atoms with Gasteiger partial charge in [0, 0.05) is 30.9 Å². The van der Waals surface area contributed by atoms with Crippen LogP contribution in [0, 0.1) is 5.92 Å². The largest absolute Gasteiger partial charge is 0.497 e. The van der Waals surface area contributed by atoms with E-state index in [0.29, 0.717) is 13.1 Å². The number of rotatable bonds is 6. The number of hydrogen-bond donors (Lipinski definition) is 0. The van der Waals surface area contributed by atoms with E-state index in [1.54, 1.807) is 12.0 Å². The molecule has 30 heavy (non-hydrogen) atoms. The molecule has 0 radical (unpaired) electrons. The van der Waals surface area contributed by atoms with Gasteiger partial charge in [-0.3, -0.25) is 9.59 Å². The number of benzene rings is 1. The van der Waals surface area contributed by atoms with Crippen molar-refractivity contribution in [3.8, 4) is 5.75 Å². The number of methoxy groups -OCH3 is 1. The minimum Gasteiger partial charge on any atom is -0.497 e. The summed E-state index contributed by atoms with van der Waals surface area (Å²) in [5.74, 6) is 0.474. The van der Waals surface area contributed by atoms with Gasteiger partial charge in [0.2, 0.25) is 11.8 Å². The number of carbonyl (C=O) groups excluding carboxylic acids is 2. The van der Waals surface area contributed by atoms with Crippen LogP contribution in [0.2, 0.25) is 0 Å². The lowest BCUT2D eigenvalue weighted by Crippen LogP contribution is -2.38. The first-order valence-corrected chi connectivity index (χ1v) is 10.3. The van der Waals surface area contributed by atoms with Gasteiger partial charge in [-0.2, -0.15) is 0 Å². The van der Waals surface area contributed by atoms with Crippen LogP contribution < -0.4 is 9.64 Å². The predicted molar refractivity (Wildman–Crippen MR) is 112 cm³/mol. The molecule has 1 aliphatic heterocycles. The first kappa shape index (κ1) is 18.7. The van der Waals surface area contributed by atoms with E-state index >= 15 is 0 Å². The third-order valence-corrected chi connectivity index (χ3v) is 5.96. The van der Waals surface area contributed by atoms with Crippen molar-refractivity contribution in [1.82, 2.24) is 14.3 Å². The Morgan fingerprint density at radius 3 is 2.73 bits per heavy atom. The lowest BCUT2D eigenvalue weighted by atomic mass is 10.1. The van der Waals surface area contributed by atoms with E-state index < -0.39 is 0 Å². The summed E-state index contributed by atoms with van der Waals surface area (Å²) in [6, 6.07) is 13.5. The standard InChI is InChI=1S/C23H24N4O3/c1-30-20-9-7-17(8-10-20)26-14-16(12-22(26)28)23(29)27(18-5-6-18)15-19-13-24-21-4-2-3-11-25(19)21/h2-4,7-11,13,16,18H,5-6,12,14-15H2,1H3. The third-order valence-electron chi connectivity index (χ3n) is 5.96. The smallest absolute Gasteiger partial charge is 0.228 e. The summed E-state index contributed by atoms with van der Waals surface area (Å²) in [4.78, 5) is 34.2. The molecule has 3 heterocycles. The van der Waals surface area contributed by atoms with Gasteiger partial charge in [0.1, 0.15) is 11.4 Å². The van der Waals surface area contributed by atoms with Gasteiger partial charge in [0.05, 0.1) is 31.5 Å². The summed E-state index contributed by atoms with van der Waals surface area (Å²) in [6.45, 7) is 0.933. The Balaban J connectivity index is 1.34. The quantitative estimate of drug-likeness (QED) is 0.634. The van der Waals surface area contributed by atoms with Gasteiger partial charge in [-0.15, -0.1) is 0 Å². The van der Waals surface area contributed by atoms with Crippen molar-refractivity contribution < 1.29 is 14.3 Å². The van der Waals surface area contributed by atoms with Crippen molar-refractivity contribution in [2.24, 2.45) is 5.92 Å². The van der Waals surface area contributed by atoms with E-state index in [-0.39, 0.29) is 30.2 Å². The number of nitrogens with zero attached hydrogens (tertiary/aromatic N) is 4. The van der Waals surface area contributed by atoms with Gasteiger partial charge in [-0.25, -0.2) is 4.98 Å². The average Bonchev–Trinajstić information content (AvgIpc) is 3.43. The highest BCUT2D eigenvalue weighted by Gasteiger charge is 2.41. The van der Waals surface area contributed by atoms with Crippen molar-refractivity contribution in [3.05, 3.63) is 60.6 Å². The molecule has 1 unspecified atom stereocenters. The SMILES string of the molecule is COc1ccc(N2CC(C(=O)N(Cc3cnc4ccccn34)C3CC3)CC2=O)cc1. The molecule has 2 aromatic heterocycles. The Morgan fingerprint density at radius 2 is 2.00 bits per heavy atom. The lowest BCUT2D eigenvalue weighted by Gasteiger charge is -2.25. The Bertz CT molecular complexity index is 1090. The minimum absolute atomic E-state index is 0.0101. The van der Waals surface area contributed by atoms with Crippen LogP contribution in [0.1, 0.15) is 25.0 Å². The fourth-order valence-electron chi connectivity index (χ4n) is 4.17. The van der Waals surface area contributed by atoms with Crippen LogP contribution in [0.5, 0.6) is 5.75 Å². The molecule has 0 spiro atoms. The van der Waals surface area contributed by atoms with Crippen molar-refractivity contribution in [1.29, 1.82) is 0 Å². The molecule has 154 valence electrons. The maximum atomic E-state index is 13.4. The molecule has 7 nitrogen and oxygen atoms in total. The molecule has 2 amide bonds. The highest BCUT2D eigenvalue weighted by Crippen LogP contribution is 2.33. The monoisotopic (exact) mass is 404 g/mol. The minimum atomic E-state index is -0.320. The number of ether oxygens (including phenoxy) is 1. The maximum absolute atomic E-state index is 13.4. The molecule has 1 aliphatic carbocycles. The molecular formula is C23H24N4O3. The van der Waals surface area contributed by atoms with E-state index in [1.165, 1.54) is 0 Å². The molecule has 1 saturated carbocycles. The normalized spacial score (nSPS) is 18.8. The maximum Gasteiger partial charge on any atom is 0.228 e. The van der Waals surface area contributed by atoms with Crippen molar-refractivity contribution in [2.75, 3.05) is 18.6 Å². The molecule has 7 heteroatoms. The zero-order valence-corrected chi connectivity index (χ0v) is 16.9. The van der Waals surface area contributed by atoms with Crippen molar-refractivity contribution in [3.63, 3.8) is 0 Å². The predicted octanol–water partition coefficient (Wildman–Crippen LogP) is 2.89. The van der Waals surface area contributed by atoms with Gasteiger partial charge in [0.15, 0.2) is 0 Å². The number of pyridine rings is 1. The zero-order valence-electron chi connectivity index (χ0n) is 16.9. The number of imidazole rings is 1. The van der Waals surface area contributed by atoms with Gasteiger partial charge < -0.3 is 18.9 Å². The van der Waals surface area contributed by atoms with Gasteiger partial charge >= 0.3 is 0 Å². The van der Waals surface area contributed by atoms with Crippen LogP contribution >= 0.6 is 0 Å². The summed E-state index contributed by atoms with van der Waals surface area (Å²) in [5, 5.41) is 0. The molecule has 1 atom stereocenters. The molecule has 1 saturated heterocycles. The van der Waals surface area contributed by atoms with Crippen molar-refractivity contribution in [2.45, 2.75) is 31.8 Å². The second-order valence-electron chi connectivity index (χ2n) is 7.98. The van der Waals surface area contributed by atoms with Gasteiger partial charge in [-0.1, -0.05) is 6.07 Å². The fraction of sp³-hybridized carbons (Fsp3) is 0.348. The van der Waals surface area contributed by atoms with Crippen LogP contribution in [0.3, 0.4) is 0 Å². The first-order chi connectivity index (χ1) is 14.6. The molecule has 1 aromatic carbocycles. The van der Waals surface area contributed by atoms with E-state index in [4.69, 9.17) is 4.74 Å². The highest BCUT2D eigenvalue weighted by atomic mass is 16.5. The second kappa shape index (κ2) is 7.48. The summed E-state index contributed by atoms with van der Waals surface area (Å²) in [5.41, 5.74) is 2.66. The van der Waals surface area contributed by atoms with E-state index in [9.17, 15) is 9.59 Å². The summed E-state index contributed by atoms with van der Waals surface area (Å²) in [6.07, 6.45) is 6.09. The van der Waals surface area contributed by atoms with E-state index in [1.807, 2.05) is 64.2 Å². The lowest BCUT2D eigenvalue weighted by molar-refractivity contribution is -0.137. The van der Waals surface area contributed by atoms with Crippen LogP contribution in [0.4, 0.5) is 5.69 Å². The van der Waals surface area contributed by atoms with Crippen LogP contribution in [0.25, 0.3) is 5.65 Å². The number of aromatic nitrogens is 2. The Morgan fingerprint density at radius 1 is 1.20 bits per heavy atom. The number of carbonyl (C=O) groups is 2. The molecule has 2 aliphatic rings. The number of anilines is 1. The van der Waals surface area contributed by atoms with Crippen LogP contribution in [0.15, 0.2) is 54.9 Å². The van der Waals surface area contributed by atoms with Crippen molar-refractivity contribution >= 4 is 23.1 Å². The number of amides is 2. The average molecular weight is 404 g/mol. The topological polar surface area (TPSA) is 67.2 Å². The Kier molecular flexibility index (Phi) is 4.65. The third kappa shape index (κ3) is 3.40. The molecular weight excluding hydrogens is 380 g/mol. The Labute approximate surface area is 174 Å². The van der Waals surface area contributed by atoms with E-state index in [2.05, 4.69) is 4.98 Å². The van der Waals surface area contributed by atoms with Crippen LogP contribution in [-0.4, -0.2) is 45.8 Å². The summed E-state index contributed by atoms with van der Waals surface area (Å²) in [7, 11) is 1.61. The van der Waals surface area contributed by atoms with Crippen LogP contribution in [-0.2, 0) is 16.1 Å². The summed E-state index contributed by atoms with van der Waals surface area (Å²) < 4.78 is 7.21. The van der Waals surface area contributed by atoms with E-state index in [0.717, 1.165) is 35.6 Å². The zero-order chi connectivity index (χ0) is 20.7. The first-order valence-electron chi connectivity index (χ1n) is 10.3. The fourth-order valence-corrected chi connectivity index (χ4v) is 4.17. The Hall–Kier alpha value is -3.35. The second-order valence-corrected chi connectivity index (χ2v) is 7.98. The molecule has 0 bridgehead atoms. The van der Waals surface area contributed by atoms with Gasteiger partial charge in [-0.05, 0) is 49.2 Å². The highest BCUT2D eigenvalue weighted by molar-refractivity contribution is 6.00. The molecule has 3 aromatic rings. The van der Waals surface area contributed by atoms with Gasteiger partial charge in [0.25, 0.3) is 0 Å². The molecule has 2 fully saturated rings. The molecule has 5 rings (SSSR count). The molecule has 0 N–H and O–H groups in total. The number of fused-ring (bicyclic) bond motifs is 1. The number of hydrogen-bond acceptors (Lipinski definition) is 4.